The molecular formula is C25H23NO5. The number of hydrogen-bond acceptors (Lipinski definition) is 4. The van der Waals surface area contributed by atoms with Crippen molar-refractivity contribution in [2.24, 2.45) is 0 Å². The molecule has 0 saturated carbocycles. The first-order valence-electron chi connectivity index (χ1n) is 9.64. The molecular weight excluding hydrogens is 394 g/mol. The molecule has 2 N–H and O–H groups in total. The Balaban J connectivity index is 1.81. The van der Waals surface area contributed by atoms with Gasteiger partial charge in [0.15, 0.2) is 11.5 Å². The summed E-state index contributed by atoms with van der Waals surface area (Å²) >= 11 is 0. The second-order valence-electron chi connectivity index (χ2n) is 6.87. The summed E-state index contributed by atoms with van der Waals surface area (Å²) in [6.07, 6.45) is 1.38. The Labute approximate surface area is 180 Å². The normalized spacial score (nSPS) is 11.0. The summed E-state index contributed by atoms with van der Waals surface area (Å²) in [5.74, 6) is -0.758. The Morgan fingerprint density at radius 2 is 1.68 bits per heavy atom. The number of hydrogen-bond donors (Lipinski definition) is 2. The Morgan fingerprint density at radius 3 is 2.32 bits per heavy atom. The van der Waals surface area contributed by atoms with Crippen molar-refractivity contribution < 1.29 is 24.2 Å². The highest BCUT2D eigenvalue weighted by molar-refractivity contribution is 6.02. The maximum absolute atomic E-state index is 12.3. The van der Waals surface area contributed by atoms with Gasteiger partial charge in [-0.05, 0) is 48.4 Å². The highest BCUT2D eigenvalue weighted by Crippen LogP contribution is 2.29. The van der Waals surface area contributed by atoms with E-state index in [-0.39, 0.29) is 5.70 Å². The quantitative estimate of drug-likeness (QED) is 0.530. The van der Waals surface area contributed by atoms with Crippen LogP contribution in [0.4, 0.5) is 0 Å². The minimum atomic E-state index is -1.25. The minimum Gasteiger partial charge on any atom is -0.493 e. The number of aryl methyl sites for hydroxylation is 1. The molecule has 0 bridgehead atoms. The number of ether oxygens (including phenoxy) is 2. The average Bonchev–Trinajstić information content (AvgIpc) is 2.78. The third kappa shape index (κ3) is 5.96. The molecule has 3 rings (SSSR count). The third-order valence-electron chi connectivity index (χ3n) is 4.53. The lowest BCUT2D eigenvalue weighted by Gasteiger charge is -2.12. The van der Waals surface area contributed by atoms with Gasteiger partial charge in [-0.25, -0.2) is 4.79 Å². The van der Waals surface area contributed by atoms with E-state index >= 15 is 0 Å². The van der Waals surface area contributed by atoms with E-state index in [9.17, 15) is 14.7 Å². The van der Waals surface area contributed by atoms with Crippen LogP contribution in [0.1, 0.15) is 27.0 Å². The van der Waals surface area contributed by atoms with E-state index in [1.807, 2.05) is 31.2 Å². The standard InChI is InChI=1S/C25H23NO5/c1-17-8-10-18(11-9-17)16-31-23-15-19(12-13-22(23)30-2)14-21(25(28)29)26-24(27)20-6-4-3-5-7-20/h3-15H,16H2,1-2H3,(H,26,27)(H,28,29)/b21-14+. The third-order valence-corrected chi connectivity index (χ3v) is 4.53. The van der Waals surface area contributed by atoms with Gasteiger partial charge in [0, 0.05) is 5.56 Å². The van der Waals surface area contributed by atoms with E-state index in [0.29, 0.717) is 29.2 Å². The first-order valence-corrected chi connectivity index (χ1v) is 9.64. The van der Waals surface area contributed by atoms with Crippen LogP contribution in [0.2, 0.25) is 0 Å². The monoisotopic (exact) mass is 417 g/mol. The molecule has 0 radical (unpaired) electrons. The fourth-order valence-electron chi connectivity index (χ4n) is 2.84. The van der Waals surface area contributed by atoms with Crippen molar-refractivity contribution in [2.45, 2.75) is 13.5 Å². The summed E-state index contributed by atoms with van der Waals surface area (Å²) in [5.41, 5.74) is 2.82. The number of rotatable bonds is 8. The highest BCUT2D eigenvalue weighted by atomic mass is 16.5. The summed E-state index contributed by atoms with van der Waals surface area (Å²) in [7, 11) is 1.53. The molecule has 31 heavy (non-hydrogen) atoms. The lowest BCUT2D eigenvalue weighted by atomic mass is 10.1. The van der Waals surface area contributed by atoms with E-state index in [2.05, 4.69) is 5.32 Å². The number of nitrogens with one attached hydrogen (secondary N) is 1. The summed E-state index contributed by atoms with van der Waals surface area (Å²) < 4.78 is 11.2. The summed E-state index contributed by atoms with van der Waals surface area (Å²) in [6, 6.07) is 21.4. The number of aliphatic carboxylic acids is 1. The Morgan fingerprint density at radius 1 is 0.968 bits per heavy atom. The van der Waals surface area contributed by atoms with Crippen molar-refractivity contribution >= 4 is 18.0 Å². The Kier molecular flexibility index (Phi) is 7.06. The van der Waals surface area contributed by atoms with Crippen LogP contribution in [0.15, 0.2) is 78.5 Å². The summed E-state index contributed by atoms with van der Waals surface area (Å²) in [5, 5.41) is 12.0. The van der Waals surface area contributed by atoms with E-state index in [1.54, 1.807) is 48.5 Å². The van der Waals surface area contributed by atoms with Crippen LogP contribution in [-0.4, -0.2) is 24.1 Å². The molecule has 6 nitrogen and oxygen atoms in total. The van der Waals surface area contributed by atoms with E-state index in [1.165, 1.54) is 13.2 Å². The molecule has 158 valence electrons. The maximum Gasteiger partial charge on any atom is 0.352 e. The van der Waals surface area contributed by atoms with Gasteiger partial charge in [-0.1, -0.05) is 54.1 Å². The van der Waals surface area contributed by atoms with Gasteiger partial charge >= 0.3 is 5.97 Å². The first-order chi connectivity index (χ1) is 15.0. The molecule has 6 heteroatoms. The van der Waals surface area contributed by atoms with Crippen LogP contribution in [0.5, 0.6) is 11.5 Å². The molecule has 0 aliphatic rings. The van der Waals surface area contributed by atoms with Crippen LogP contribution >= 0.6 is 0 Å². The second kappa shape index (κ2) is 10.1. The zero-order chi connectivity index (χ0) is 22.2. The zero-order valence-corrected chi connectivity index (χ0v) is 17.3. The molecule has 0 unspecified atom stereocenters. The largest absolute Gasteiger partial charge is 0.493 e. The van der Waals surface area contributed by atoms with Crippen LogP contribution in [0, 0.1) is 6.92 Å². The van der Waals surface area contributed by atoms with Gasteiger partial charge in [0.25, 0.3) is 5.91 Å². The highest BCUT2D eigenvalue weighted by Gasteiger charge is 2.14. The van der Waals surface area contributed by atoms with Crippen molar-refractivity contribution in [1.82, 2.24) is 5.32 Å². The number of methoxy groups -OCH3 is 1. The van der Waals surface area contributed by atoms with Crippen LogP contribution < -0.4 is 14.8 Å². The molecule has 1 amide bonds. The van der Waals surface area contributed by atoms with Gasteiger partial charge in [-0.2, -0.15) is 0 Å². The van der Waals surface area contributed by atoms with E-state index in [4.69, 9.17) is 9.47 Å². The fraction of sp³-hybridized carbons (Fsp3) is 0.120. The Bertz CT molecular complexity index is 1090. The van der Waals surface area contributed by atoms with Crippen LogP contribution in [-0.2, 0) is 11.4 Å². The van der Waals surface area contributed by atoms with Crippen molar-refractivity contribution in [1.29, 1.82) is 0 Å². The van der Waals surface area contributed by atoms with E-state index < -0.39 is 11.9 Å². The fourth-order valence-corrected chi connectivity index (χ4v) is 2.84. The molecule has 0 aliphatic carbocycles. The predicted molar refractivity (Wildman–Crippen MR) is 118 cm³/mol. The topological polar surface area (TPSA) is 84.9 Å². The molecule has 0 fully saturated rings. The molecule has 3 aromatic rings. The van der Waals surface area contributed by atoms with Crippen molar-refractivity contribution in [3.8, 4) is 11.5 Å². The van der Waals surface area contributed by atoms with Crippen molar-refractivity contribution in [3.05, 3.63) is 101 Å². The summed E-state index contributed by atoms with van der Waals surface area (Å²) in [6.45, 7) is 2.35. The summed E-state index contributed by atoms with van der Waals surface area (Å²) in [4.78, 5) is 24.0. The number of carbonyl (C=O) groups excluding carboxylic acids is 1. The van der Waals surface area contributed by atoms with Gasteiger partial charge in [-0.3, -0.25) is 4.79 Å². The molecule has 0 aliphatic heterocycles. The second-order valence-corrected chi connectivity index (χ2v) is 6.87. The van der Waals surface area contributed by atoms with Gasteiger partial charge in [0.1, 0.15) is 12.3 Å². The van der Waals surface area contributed by atoms with E-state index in [0.717, 1.165) is 11.1 Å². The molecule has 0 saturated heterocycles. The average molecular weight is 417 g/mol. The van der Waals surface area contributed by atoms with Crippen LogP contribution in [0.25, 0.3) is 6.08 Å². The Hall–Kier alpha value is -4.06. The molecule has 0 atom stereocenters. The lowest BCUT2D eigenvalue weighted by Crippen LogP contribution is -2.27. The van der Waals surface area contributed by atoms with Gasteiger partial charge in [0.2, 0.25) is 0 Å². The number of carboxylic acids is 1. The molecule has 0 aromatic heterocycles. The number of amides is 1. The smallest absolute Gasteiger partial charge is 0.352 e. The number of benzene rings is 3. The van der Waals surface area contributed by atoms with Crippen molar-refractivity contribution in [2.75, 3.05) is 7.11 Å². The van der Waals surface area contributed by atoms with Crippen LogP contribution in [0.3, 0.4) is 0 Å². The maximum atomic E-state index is 12.3. The zero-order valence-electron chi connectivity index (χ0n) is 17.3. The predicted octanol–water partition coefficient (Wildman–Crippen LogP) is 4.44. The van der Waals surface area contributed by atoms with Gasteiger partial charge in [-0.15, -0.1) is 0 Å². The molecule has 0 heterocycles. The van der Waals surface area contributed by atoms with Gasteiger partial charge in [0.05, 0.1) is 7.11 Å². The number of carboxylic acid groups (broad SMARTS) is 1. The lowest BCUT2D eigenvalue weighted by molar-refractivity contribution is -0.132. The van der Waals surface area contributed by atoms with Gasteiger partial charge < -0.3 is 19.9 Å². The number of carbonyl (C=O) groups is 2. The van der Waals surface area contributed by atoms with Crippen molar-refractivity contribution in [3.63, 3.8) is 0 Å². The first kappa shape index (κ1) is 21.6. The molecule has 3 aromatic carbocycles. The SMILES string of the molecule is COc1ccc(/C=C(/NC(=O)c2ccccc2)C(=O)O)cc1OCc1ccc(C)cc1. The molecule has 0 spiro atoms. The minimum absolute atomic E-state index is 0.247.